The first kappa shape index (κ1) is 21.2. The van der Waals surface area contributed by atoms with E-state index in [0.717, 1.165) is 18.4 Å². The molecule has 0 N–H and O–H groups in total. The van der Waals surface area contributed by atoms with Crippen molar-refractivity contribution in [3.63, 3.8) is 0 Å². The molecule has 0 saturated heterocycles. The van der Waals surface area contributed by atoms with Crippen LogP contribution < -0.4 is 11.2 Å². The van der Waals surface area contributed by atoms with E-state index in [0.29, 0.717) is 54.1 Å². The Morgan fingerprint density at radius 2 is 1.77 bits per heavy atom. The maximum Gasteiger partial charge on any atom is 0.332 e. The Morgan fingerprint density at radius 3 is 2.55 bits per heavy atom. The molecule has 8 nitrogen and oxygen atoms in total. The quantitative estimate of drug-likeness (QED) is 0.508. The summed E-state index contributed by atoms with van der Waals surface area (Å²) in [5, 5.41) is 8.53. The molecule has 162 valence electrons. The molecule has 0 atom stereocenters. The van der Waals surface area contributed by atoms with Crippen LogP contribution in [-0.4, -0.2) is 24.5 Å². The lowest BCUT2D eigenvalue weighted by molar-refractivity contribution is 0.439. The summed E-state index contributed by atoms with van der Waals surface area (Å²) in [4.78, 5) is 30.1. The van der Waals surface area contributed by atoms with E-state index in [4.69, 9.17) is 16.0 Å². The zero-order chi connectivity index (χ0) is 21.8. The minimum absolute atomic E-state index is 0.269. The van der Waals surface area contributed by atoms with Gasteiger partial charge in [-0.25, -0.2) is 9.79 Å². The summed E-state index contributed by atoms with van der Waals surface area (Å²) >= 11 is 6.06. The van der Waals surface area contributed by atoms with Crippen LogP contribution in [0.15, 0.2) is 49.3 Å². The SMILES string of the molecule is CCCCn1c2c(c(=O)n(CCCc3nnc(Cc4ccccc4)o3)c1=O)CC(Cl)=N2. The van der Waals surface area contributed by atoms with Gasteiger partial charge in [-0.1, -0.05) is 55.3 Å². The maximum atomic E-state index is 13.0. The molecule has 0 bridgehead atoms. The number of halogens is 1. The van der Waals surface area contributed by atoms with Crippen LogP contribution in [0.4, 0.5) is 5.82 Å². The van der Waals surface area contributed by atoms with Gasteiger partial charge in [0.25, 0.3) is 5.56 Å². The van der Waals surface area contributed by atoms with E-state index in [9.17, 15) is 9.59 Å². The molecular formula is C22H24ClN5O3. The fourth-order valence-electron chi connectivity index (χ4n) is 3.66. The van der Waals surface area contributed by atoms with Gasteiger partial charge in [0, 0.05) is 25.9 Å². The number of nitrogens with zero attached hydrogens (tertiary/aromatic N) is 5. The van der Waals surface area contributed by atoms with E-state index in [1.54, 1.807) is 4.57 Å². The minimum atomic E-state index is -0.345. The summed E-state index contributed by atoms with van der Waals surface area (Å²) in [6.45, 7) is 2.83. The Bertz CT molecular complexity index is 1210. The second-order valence-corrected chi connectivity index (χ2v) is 8.00. The third-order valence-electron chi connectivity index (χ3n) is 5.26. The Balaban J connectivity index is 1.46. The fraction of sp³-hybridized carbons (Fsp3) is 0.409. The predicted molar refractivity (Wildman–Crippen MR) is 118 cm³/mol. The Hall–Kier alpha value is -3.00. The van der Waals surface area contributed by atoms with Crippen LogP contribution in [0.2, 0.25) is 0 Å². The van der Waals surface area contributed by atoms with Crippen molar-refractivity contribution in [2.24, 2.45) is 4.99 Å². The summed E-state index contributed by atoms with van der Waals surface area (Å²) < 4.78 is 8.57. The summed E-state index contributed by atoms with van der Waals surface area (Å²) in [6, 6.07) is 9.90. The predicted octanol–water partition coefficient (Wildman–Crippen LogP) is 3.24. The van der Waals surface area contributed by atoms with Crippen molar-refractivity contribution in [3.05, 3.63) is 74.1 Å². The minimum Gasteiger partial charge on any atom is -0.425 e. The van der Waals surface area contributed by atoms with E-state index in [1.165, 1.54) is 4.57 Å². The second-order valence-electron chi connectivity index (χ2n) is 7.57. The van der Waals surface area contributed by atoms with Crippen LogP contribution in [0.1, 0.15) is 49.1 Å². The molecule has 0 amide bonds. The Morgan fingerprint density at radius 1 is 1.03 bits per heavy atom. The van der Waals surface area contributed by atoms with Crippen LogP contribution in [-0.2, 0) is 32.4 Å². The van der Waals surface area contributed by atoms with Gasteiger partial charge < -0.3 is 4.42 Å². The molecule has 4 rings (SSSR count). The Kier molecular flexibility index (Phi) is 6.46. The number of hydrogen-bond acceptors (Lipinski definition) is 6. The highest BCUT2D eigenvalue weighted by Crippen LogP contribution is 2.24. The molecule has 9 heteroatoms. The number of unbranched alkanes of at least 4 members (excludes halogenated alkanes) is 1. The molecule has 0 aliphatic carbocycles. The van der Waals surface area contributed by atoms with Crippen molar-refractivity contribution in [1.82, 2.24) is 19.3 Å². The van der Waals surface area contributed by atoms with Gasteiger partial charge in [-0.15, -0.1) is 10.2 Å². The molecule has 3 heterocycles. The monoisotopic (exact) mass is 441 g/mol. The molecule has 1 aromatic carbocycles. The van der Waals surface area contributed by atoms with E-state index < -0.39 is 0 Å². The van der Waals surface area contributed by atoms with E-state index in [2.05, 4.69) is 15.2 Å². The van der Waals surface area contributed by atoms with Crippen molar-refractivity contribution in [1.29, 1.82) is 0 Å². The van der Waals surface area contributed by atoms with Crippen molar-refractivity contribution >= 4 is 22.6 Å². The van der Waals surface area contributed by atoms with Gasteiger partial charge in [-0.05, 0) is 18.4 Å². The zero-order valence-corrected chi connectivity index (χ0v) is 18.1. The molecule has 0 spiro atoms. The molecule has 0 saturated carbocycles. The number of aryl methyl sites for hydroxylation is 1. The molecule has 31 heavy (non-hydrogen) atoms. The Labute approximate surface area is 184 Å². The van der Waals surface area contributed by atoms with Crippen LogP contribution in [0.25, 0.3) is 0 Å². The average molecular weight is 442 g/mol. The molecule has 2 aromatic heterocycles. The van der Waals surface area contributed by atoms with Crippen LogP contribution in [0.3, 0.4) is 0 Å². The second kappa shape index (κ2) is 9.43. The third kappa shape index (κ3) is 4.69. The van der Waals surface area contributed by atoms with Gasteiger partial charge >= 0.3 is 5.69 Å². The molecule has 0 fully saturated rings. The molecule has 1 aliphatic rings. The average Bonchev–Trinajstić information content (AvgIpc) is 3.37. The number of fused-ring (bicyclic) bond motifs is 1. The van der Waals surface area contributed by atoms with Gasteiger partial charge in [0.05, 0.1) is 12.0 Å². The normalized spacial score (nSPS) is 12.8. The molecular weight excluding hydrogens is 418 g/mol. The highest BCUT2D eigenvalue weighted by Gasteiger charge is 2.24. The van der Waals surface area contributed by atoms with Gasteiger partial charge in [-0.2, -0.15) is 0 Å². The van der Waals surface area contributed by atoms with E-state index in [1.807, 2.05) is 37.3 Å². The lowest BCUT2D eigenvalue weighted by atomic mass is 10.2. The number of aliphatic imine (C=N–C) groups is 1. The molecule has 1 aliphatic heterocycles. The first-order valence-corrected chi connectivity index (χ1v) is 10.9. The molecule has 0 radical (unpaired) electrons. The number of hydrogen-bond donors (Lipinski definition) is 0. The van der Waals surface area contributed by atoms with Gasteiger partial charge in [0.1, 0.15) is 11.0 Å². The van der Waals surface area contributed by atoms with Crippen LogP contribution in [0, 0.1) is 0 Å². The van der Waals surface area contributed by atoms with Crippen LogP contribution in [0.5, 0.6) is 0 Å². The first-order valence-electron chi connectivity index (χ1n) is 10.5. The van der Waals surface area contributed by atoms with Crippen LogP contribution >= 0.6 is 11.6 Å². The summed E-state index contributed by atoms with van der Waals surface area (Å²) in [5.41, 5.74) is 0.921. The van der Waals surface area contributed by atoms with Crippen molar-refractivity contribution in [3.8, 4) is 0 Å². The zero-order valence-electron chi connectivity index (χ0n) is 17.4. The number of rotatable bonds is 9. The van der Waals surface area contributed by atoms with E-state index in [-0.39, 0.29) is 24.2 Å². The smallest absolute Gasteiger partial charge is 0.332 e. The van der Waals surface area contributed by atoms with Gasteiger partial charge in [0.15, 0.2) is 0 Å². The highest BCUT2D eigenvalue weighted by molar-refractivity contribution is 6.66. The largest absolute Gasteiger partial charge is 0.425 e. The fourth-order valence-corrected chi connectivity index (χ4v) is 3.88. The van der Waals surface area contributed by atoms with Gasteiger partial charge in [0.2, 0.25) is 11.8 Å². The topological polar surface area (TPSA) is 95.3 Å². The number of aromatic nitrogens is 4. The lowest BCUT2D eigenvalue weighted by Crippen LogP contribution is -2.41. The van der Waals surface area contributed by atoms with Crippen molar-refractivity contribution in [2.75, 3.05) is 0 Å². The lowest BCUT2D eigenvalue weighted by Gasteiger charge is -2.13. The standard InChI is InChI=1S/C22H24ClN5O3/c1-2-3-11-27-20-16(14-17(23)24-20)21(29)28(22(27)30)12-7-10-18-25-26-19(31-18)13-15-8-5-4-6-9-15/h4-6,8-9H,2-3,7,10-14H2,1H3. The summed E-state index contributed by atoms with van der Waals surface area (Å²) in [7, 11) is 0. The third-order valence-corrected chi connectivity index (χ3v) is 5.47. The first-order chi connectivity index (χ1) is 15.1. The van der Waals surface area contributed by atoms with Gasteiger partial charge in [-0.3, -0.25) is 13.9 Å². The summed E-state index contributed by atoms with van der Waals surface area (Å²) in [5.74, 6) is 1.45. The van der Waals surface area contributed by atoms with E-state index >= 15 is 0 Å². The highest BCUT2D eigenvalue weighted by atomic mass is 35.5. The summed E-state index contributed by atoms with van der Waals surface area (Å²) in [6.07, 6.45) is 3.61. The molecule has 3 aromatic rings. The van der Waals surface area contributed by atoms with Crippen molar-refractivity contribution < 1.29 is 4.42 Å². The van der Waals surface area contributed by atoms with Crippen molar-refractivity contribution in [2.45, 2.75) is 58.5 Å². The maximum absolute atomic E-state index is 13.0. The number of benzene rings is 1. The molecule has 0 unspecified atom stereocenters.